The fraction of sp³-hybridized carbons (Fsp3) is 0.562. The third-order valence-electron chi connectivity index (χ3n) is 4.03. The van der Waals surface area contributed by atoms with Crippen molar-refractivity contribution in [1.82, 2.24) is 4.90 Å². The summed E-state index contributed by atoms with van der Waals surface area (Å²) in [6.07, 6.45) is 1.09. The zero-order valence-electron chi connectivity index (χ0n) is 13.3. The highest BCUT2D eigenvalue weighted by molar-refractivity contribution is 6.30. The molecule has 22 heavy (non-hydrogen) atoms. The molecule has 0 spiro atoms. The van der Waals surface area contributed by atoms with Gasteiger partial charge < -0.3 is 20.1 Å². The SMILES string of the molecule is Cc1cc(Cl)cc(C)c1NC(=O)N(C)CC1(O)CCOCC1. The molecule has 0 unspecified atom stereocenters. The predicted octanol–water partition coefficient (Wildman–Crippen LogP) is 2.96. The number of nitrogens with one attached hydrogen (secondary N) is 1. The van der Waals surface area contributed by atoms with Crippen LogP contribution in [0.1, 0.15) is 24.0 Å². The second kappa shape index (κ2) is 6.86. The van der Waals surface area contributed by atoms with Crippen molar-refractivity contribution in [2.45, 2.75) is 32.3 Å². The Balaban J connectivity index is 2.02. The van der Waals surface area contributed by atoms with E-state index in [0.29, 0.717) is 31.1 Å². The van der Waals surface area contributed by atoms with Crippen LogP contribution < -0.4 is 5.32 Å². The number of hydrogen-bond acceptors (Lipinski definition) is 3. The van der Waals surface area contributed by atoms with E-state index < -0.39 is 5.60 Å². The van der Waals surface area contributed by atoms with Gasteiger partial charge in [0, 0.05) is 43.8 Å². The van der Waals surface area contributed by atoms with Crippen LogP contribution >= 0.6 is 11.6 Å². The number of aryl methyl sites for hydroxylation is 2. The van der Waals surface area contributed by atoms with Gasteiger partial charge in [-0.1, -0.05) is 11.6 Å². The Labute approximate surface area is 136 Å². The van der Waals surface area contributed by atoms with Crippen molar-refractivity contribution in [1.29, 1.82) is 0 Å². The molecule has 5 nitrogen and oxygen atoms in total. The fourth-order valence-corrected chi connectivity index (χ4v) is 3.06. The highest BCUT2D eigenvalue weighted by Gasteiger charge is 2.32. The molecule has 122 valence electrons. The van der Waals surface area contributed by atoms with E-state index in [9.17, 15) is 9.90 Å². The maximum absolute atomic E-state index is 12.4. The molecular formula is C16H23ClN2O3. The van der Waals surface area contributed by atoms with Gasteiger partial charge in [-0.15, -0.1) is 0 Å². The lowest BCUT2D eigenvalue weighted by atomic mass is 9.94. The number of rotatable bonds is 3. The molecule has 2 rings (SSSR count). The smallest absolute Gasteiger partial charge is 0.321 e. The molecule has 1 saturated heterocycles. The van der Waals surface area contributed by atoms with Crippen molar-refractivity contribution in [3.8, 4) is 0 Å². The van der Waals surface area contributed by atoms with Gasteiger partial charge in [0.2, 0.25) is 0 Å². The number of nitrogens with zero attached hydrogens (tertiary/aromatic N) is 1. The van der Waals surface area contributed by atoms with Crippen LogP contribution in [0.4, 0.5) is 10.5 Å². The maximum Gasteiger partial charge on any atom is 0.321 e. The molecule has 0 bridgehead atoms. The van der Waals surface area contributed by atoms with Gasteiger partial charge >= 0.3 is 6.03 Å². The molecule has 0 radical (unpaired) electrons. The molecule has 1 fully saturated rings. The van der Waals surface area contributed by atoms with E-state index in [0.717, 1.165) is 16.8 Å². The average Bonchev–Trinajstić information content (AvgIpc) is 2.42. The molecule has 1 aromatic carbocycles. The van der Waals surface area contributed by atoms with Gasteiger partial charge in [0.05, 0.1) is 12.1 Å². The fourth-order valence-electron chi connectivity index (χ4n) is 2.73. The Morgan fingerprint density at radius 3 is 2.45 bits per heavy atom. The summed E-state index contributed by atoms with van der Waals surface area (Å²) in [4.78, 5) is 13.9. The van der Waals surface area contributed by atoms with Crippen molar-refractivity contribution < 1.29 is 14.6 Å². The number of benzene rings is 1. The molecule has 0 atom stereocenters. The number of amides is 2. The van der Waals surface area contributed by atoms with Crippen LogP contribution in [-0.4, -0.2) is 48.4 Å². The van der Waals surface area contributed by atoms with Crippen molar-refractivity contribution in [3.63, 3.8) is 0 Å². The monoisotopic (exact) mass is 326 g/mol. The number of hydrogen-bond donors (Lipinski definition) is 2. The Morgan fingerprint density at radius 2 is 1.91 bits per heavy atom. The summed E-state index contributed by atoms with van der Waals surface area (Å²) in [5.74, 6) is 0. The first-order valence-corrected chi connectivity index (χ1v) is 7.77. The van der Waals surface area contributed by atoms with Gasteiger partial charge in [-0.3, -0.25) is 0 Å². The van der Waals surface area contributed by atoms with E-state index in [4.69, 9.17) is 16.3 Å². The summed E-state index contributed by atoms with van der Waals surface area (Å²) < 4.78 is 5.25. The summed E-state index contributed by atoms with van der Waals surface area (Å²) in [5.41, 5.74) is 1.72. The van der Waals surface area contributed by atoms with Crippen molar-refractivity contribution >= 4 is 23.3 Å². The zero-order valence-corrected chi connectivity index (χ0v) is 14.0. The largest absolute Gasteiger partial charge is 0.388 e. The second-order valence-corrected chi connectivity index (χ2v) is 6.47. The summed E-state index contributed by atoms with van der Waals surface area (Å²) >= 11 is 6.00. The molecule has 1 aliphatic rings. The Bertz CT molecular complexity index is 533. The van der Waals surface area contributed by atoms with Crippen LogP contribution in [0.3, 0.4) is 0 Å². The molecular weight excluding hydrogens is 304 g/mol. The van der Waals surface area contributed by atoms with E-state index in [1.807, 2.05) is 26.0 Å². The van der Waals surface area contributed by atoms with Crippen molar-refractivity contribution in [2.24, 2.45) is 0 Å². The van der Waals surface area contributed by atoms with Gasteiger partial charge in [0.15, 0.2) is 0 Å². The number of aliphatic hydroxyl groups is 1. The Hall–Kier alpha value is -1.30. The van der Waals surface area contributed by atoms with Gasteiger partial charge in [-0.2, -0.15) is 0 Å². The lowest BCUT2D eigenvalue weighted by Crippen LogP contribution is -2.48. The lowest BCUT2D eigenvalue weighted by Gasteiger charge is -2.35. The molecule has 0 aromatic heterocycles. The highest BCUT2D eigenvalue weighted by atomic mass is 35.5. The minimum atomic E-state index is -0.867. The minimum Gasteiger partial charge on any atom is -0.388 e. The third kappa shape index (κ3) is 4.12. The standard InChI is InChI=1S/C16H23ClN2O3/c1-11-8-13(17)9-12(2)14(11)18-15(20)19(3)10-16(21)4-6-22-7-5-16/h8-9,21H,4-7,10H2,1-3H3,(H,18,20). The van der Waals surface area contributed by atoms with E-state index in [1.165, 1.54) is 4.90 Å². The first-order valence-electron chi connectivity index (χ1n) is 7.40. The van der Waals surface area contributed by atoms with Crippen LogP contribution in [0.15, 0.2) is 12.1 Å². The predicted molar refractivity (Wildman–Crippen MR) is 87.6 cm³/mol. The molecule has 1 heterocycles. The minimum absolute atomic E-state index is 0.242. The van der Waals surface area contributed by atoms with Crippen molar-refractivity contribution in [2.75, 3.05) is 32.1 Å². The summed E-state index contributed by atoms with van der Waals surface area (Å²) in [7, 11) is 1.68. The molecule has 0 saturated carbocycles. The Morgan fingerprint density at radius 1 is 1.36 bits per heavy atom. The second-order valence-electron chi connectivity index (χ2n) is 6.04. The quantitative estimate of drug-likeness (QED) is 0.897. The molecule has 6 heteroatoms. The number of ether oxygens (including phenoxy) is 1. The number of likely N-dealkylation sites (N-methyl/N-ethyl adjacent to an activating group) is 1. The van der Waals surface area contributed by atoms with Crippen LogP contribution in [0.2, 0.25) is 5.02 Å². The molecule has 1 aliphatic heterocycles. The molecule has 1 aromatic rings. The van der Waals surface area contributed by atoms with E-state index in [-0.39, 0.29) is 12.6 Å². The number of carbonyl (C=O) groups excluding carboxylic acids is 1. The first-order chi connectivity index (χ1) is 10.3. The highest BCUT2D eigenvalue weighted by Crippen LogP contribution is 2.26. The van der Waals surface area contributed by atoms with E-state index in [1.54, 1.807) is 7.05 Å². The Kier molecular flexibility index (Phi) is 5.32. The number of halogens is 1. The van der Waals surface area contributed by atoms with E-state index >= 15 is 0 Å². The number of anilines is 1. The normalized spacial score (nSPS) is 17.1. The first kappa shape index (κ1) is 17.1. The van der Waals surface area contributed by atoms with Gasteiger partial charge in [-0.05, 0) is 37.1 Å². The summed E-state index contributed by atoms with van der Waals surface area (Å²) in [6.45, 7) is 5.15. The third-order valence-corrected chi connectivity index (χ3v) is 4.25. The average molecular weight is 327 g/mol. The van der Waals surface area contributed by atoms with Crippen LogP contribution in [-0.2, 0) is 4.74 Å². The van der Waals surface area contributed by atoms with Gasteiger partial charge in [-0.25, -0.2) is 4.79 Å². The summed E-state index contributed by atoms with van der Waals surface area (Å²) in [5, 5.41) is 14.0. The summed E-state index contributed by atoms with van der Waals surface area (Å²) in [6, 6.07) is 3.39. The molecule has 2 amide bonds. The number of urea groups is 1. The molecule has 2 N–H and O–H groups in total. The van der Waals surface area contributed by atoms with Crippen LogP contribution in [0.5, 0.6) is 0 Å². The van der Waals surface area contributed by atoms with Crippen molar-refractivity contribution in [3.05, 3.63) is 28.3 Å². The van der Waals surface area contributed by atoms with Crippen LogP contribution in [0.25, 0.3) is 0 Å². The lowest BCUT2D eigenvalue weighted by molar-refractivity contribution is -0.0717. The zero-order chi connectivity index (χ0) is 16.3. The van der Waals surface area contributed by atoms with Gasteiger partial charge in [0.25, 0.3) is 0 Å². The number of carbonyl (C=O) groups is 1. The maximum atomic E-state index is 12.4. The van der Waals surface area contributed by atoms with Crippen LogP contribution in [0, 0.1) is 13.8 Å². The molecule has 0 aliphatic carbocycles. The topological polar surface area (TPSA) is 61.8 Å². The van der Waals surface area contributed by atoms with Gasteiger partial charge in [0.1, 0.15) is 0 Å². The van der Waals surface area contributed by atoms with E-state index in [2.05, 4.69) is 5.32 Å².